The number of amides is 1. The molecule has 1 amide bonds. The van der Waals surface area contributed by atoms with Crippen LogP contribution < -0.4 is 16.0 Å². The lowest BCUT2D eigenvalue weighted by Gasteiger charge is -2.24. The third-order valence-electron chi connectivity index (χ3n) is 2.66. The van der Waals surface area contributed by atoms with Gasteiger partial charge in [-0.1, -0.05) is 25.1 Å². The van der Waals surface area contributed by atoms with Crippen molar-refractivity contribution in [2.45, 2.75) is 19.8 Å². The van der Waals surface area contributed by atoms with Crippen LogP contribution >= 0.6 is 0 Å². The van der Waals surface area contributed by atoms with Gasteiger partial charge in [-0.2, -0.15) is 0 Å². The third-order valence-corrected chi connectivity index (χ3v) is 2.66. The van der Waals surface area contributed by atoms with E-state index in [1.807, 2.05) is 37.3 Å². The van der Waals surface area contributed by atoms with Crippen molar-refractivity contribution in [1.82, 2.24) is 5.32 Å². The summed E-state index contributed by atoms with van der Waals surface area (Å²) in [5.41, 5.74) is 6.61. The van der Waals surface area contributed by atoms with Gasteiger partial charge >= 0.3 is 0 Å². The van der Waals surface area contributed by atoms with E-state index in [1.165, 1.54) is 0 Å². The molecular formula is C14H23N3O. The van der Waals surface area contributed by atoms with Gasteiger partial charge in [-0.25, -0.2) is 0 Å². The second kappa shape index (κ2) is 8.53. The van der Waals surface area contributed by atoms with E-state index in [1.54, 1.807) is 0 Å². The summed E-state index contributed by atoms with van der Waals surface area (Å²) >= 11 is 0. The van der Waals surface area contributed by atoms with Crippen molar-refractivity contribution < 1.29 is 4.79 Å². The average Bonchev–Trinajstić information content (AvgIpc) is 2.42. The average molecular weight is 249 g/mol. The van der Waals surface area contributed by atoms with Crippen LogP contribution in [0.5, 0.6) is 0 Å². The molecule has 0 saturated heterocycles. The SMILES string of the molecule is CCCNC(=O)CN(CCCN)c1ccccc1. The standard InChI is InChI=1S/C14H23N3O/c1-2-10-16-14(18)12-17(11-6-9-15)13-7-4-3-5-8-13/h3-5,7-8H,2,6,9-12,15H2,1H3,(H,16,18). The molecule has 3 N–H and O–H groups in total. The maximum Gasteiger partial charge on any atom is 0.239 e. The molecule has 1 aromatic rings. The third kappa shape index (κ3) is 5.19. The van der Waals surface area contributed by atoms with E-state index in [2.05, 4.69) is 10.2 Å². The van der Waals surface area contributed by atoms with Crippen LogP contribution in [0.2, 0.25) is 0 Å². The van der Waals surface area contributed by atoms with Gasteiger partial charge in [-0.05, 0) is 31.5 Å². The van der Waals surface area contributed by atoms with Crippen molar-refractivity contribution in [1.29, 1.82) is 0 Å². The number of benzene rings is 1. The highest BCUT2D eigenvalue weighted by atomic mass is 16.2. The number of hydrogen-bond donors (Lipinski definition) is 2. The molecule has 0 aromatic heterocycles. The first-order valence-electron chi connectivity index (χ1n) is 6.54. The number of nitrogens with two attached hydrogens (primary N) is 1. The fourth-order valence-corrected chi connectivity index (χ4v) is 1.71. The predicted octanol–water partition coefficient (Wildman–Crippen LogP) is 1.37. The summed E-state index contributed by atoms with van der Waals surface area (Å²) in [5.74, 6) is 0.0673. The number of anilines is 1. The quantitative estimate of drug-likeness (QED) is 0.731. The Morgan fingerprint density at radius 2 is 2.06 bits per heavy atom. The van der Waals surface area contributed by atoms with E-state index >= 15 is 0 Å². The number of carbonyl (C=O) groups excluding carboxylic acids is 1. The lowest BCUT2D eigenvalue weighted by molar-refractivity contribution is -0.119. The first kappa shape index (κ1) is 14.5. The van der Waals surface area contributed by atoms with Gasteiger partial charge in [0.1, 0.15) is 0 Å². The molecule has 0 spiro atoms. The molecule has 0 aliphatic carbocycles. The number of hydrogen-bond acceptors (Lipinski definition) is 3. The van der Waals surface area contributed by atoms with Gasteiger partial charge < -0.3 is 16.0 Å². The summed E-state index contributed by atoms with van der Waals surface area (Å²) < 4.78 is 0. The van der Waals surface area contributed by atoms with Crippen LogP contribution in [0.15, 0.2) is 30.3 Å². The number of nitrogens with one attached hydrogen (secondary N) is 1. The highest BCUT2D eigenvalue weighted by Crippen LogP contribution is 2.12. The Morgan fingerprint density at radius 1 is 1.33 bits per heavy atom. The largest absolute Gasteiger partial charge is 0.362 e. The molecule has 0 heterocycles. The summed E-state index contributed by atoms with van der Waals surface area (Å²) in [7, 11) is 0. The highest BCUT2D eigenvalue weighted by Gasteiger charge is 2.10. The molecule has 0 bridgehead atoms. The smallest absolute Gasteiger partial charge is 0.239 e. The zero-order valence-corrected chi connectivity index (χ0v) is 11.1. The zero-order chi connectivity index (χ0) is 13.2. The predicted molar refractivity (Wildman–Crippen MR) is 75.6 cm³/mol. The molecule has 0 aliphatic rings. The molecule has 0 saturated carbocycles. The number of para-hydroxylation sites is 1. The summed E-state index contributed by atoms with van der Waals surface area (Å²) in [6, 6.07) is 9.97. The minimum atomic E-state index is 0.0673. The molecule has 0 fully saturated rings. The van der Waals surface area contributed by atoms with E-state index in [-0.39, 0.29) is 5.91 Å². The van der Waals surface area contributed by atoms with Gasteiger partial charge in [0.25, 0.3) is 0 Å². The second-order valence-corrected chi connectivity index (χ2v) is 4.25. The molecule has 1 rings (SSSR count). The Labute approximate surface area is 109 Å². The van der Waals surface area contributed by atoms with Crippen molar-refractivity contribution in [2.75, 3.05) is 31.1 Å². The molecule has 18 heavy (non-hydrogen) atoms. The maximum absolute atomic E-state index is 11.8. The van der Waals surface area contributed by atoms with Crippen LogP contribution in [0.4, 0.5) is 5.69 Å². The molecule has 1 aromatic carbocycles. The monoisotopic (exact) mass is 249 g/mol. The molecule has 4 nitrogen and oxygen atoms in total. The van der Waals surface area contributed by atoms with E-state index in [0.717, 1.165) is 31.6 Å². The van der Waals surface area contributed by atoms with Crippen molar-refractivity contribution in [3.8, 4) is 0 Å². The van der Waals surface area contributed by atoms with E-state index in [0.29, 0.717) is 13.1 Å². The highest BCUT2D eigenvalue weighted by molar-refractivity contribution is 5.81. The van der Waals surface area contributed by atoms with E-state index in [4.69, 9.17) is 5.73 Å². The lowest BCUT2D eigenvalue weighted by atomic mass is 10.2. The number of nitrogens with zero attached hydrogens (tertiary/aromatic N) is 1. The van der Waals surface area contributed by atoms with Crippen LogP contribution in [0.1, 0.15) is 19.8 Å². The summed E-state index contributed by atoms with van der Waals surface area (Å²) in [6.45, 7) is 4.62. The molecule has 0 aliphatic heterocycles. The first-order valence-corrected chi connectivity index (χ1v) is 6.54. The lowest BCUT2D eigenvalue weighted by Crippen LogP contribution is -2.38. The molecule has 4 heteroatoms. The minimum absolute atomic E-state index is 0.0673. The normalized spacial score (nSPS) is 10.1. The summed E-state index contributed by atoms with van der Waals surface area (Å²) in [5, 5.41) is 2.90. The second-order valence-electron chi connectivity index (χ2n) is 4.25. The van der Waals surface area contributed by atoms with Gasteiger partial charge in [0.15, 0.2) is 0 Å². The van der Waals surface area contributed by atoms with Crippen LogP contribution in [0, 0.1) is 0 Å². The van der Waals surface area contributed by atoms with E-state index < -0.39 is 0 Å². The Bertz CT molecular complexity index is 340. The van der Waals surface area contributed by atoms with Crippen molar-refractivity contribution in [3.63, 3.8) is 0 Å². The molecule has 0 radical (unpaired) electrons. The van der Waals surface area contributed by atoms with Crippen molar-refractivity contribution >= 4 is 11.6 Å². The summed E-state index contributed by atoms with van der Waals surface area (Å²) in [6.07, 6.45) is 1.84. The minimum Gasteiger partial charge on any atom is -0.362 e. The van der Waals surface area contributed by atoms with Crippen molar-refractivity contribution in [2.24, 2.45) is 5.73 Å². The molecule has 0 unspecified atom stereocenters. The van der Waals surface area contributed by atoms with Gasteiger partial charge in [0, 0.05) is 18.8 Å². The van der Waals surface area contributed by atoms with Crippen molar-refractivity contribution in [3.05, 3.63) is 30.3 Å². The maximum atomic E-state index is 11.8. The number of rotatable bonds is 8. The van der Waals surface area contributed by atoms with Gasteiger partial charge in [-0.3, -0.25) is 4.79 Å². The molecular weight excluding hydrogens is 226 g/mol. The Hall–Kier alpha value is -1.55. The van der Waals surface area contributed by atoms with Crippen LogP contribution in [-0.4, -0.2) is 32.1 Å². The van der Waals surface area contributed by atoms with Gasteiger partial charge in [0.05, 0.1) is 6.54 Å². The fourth-order valence-electron chi connectivity index (χ4n) is 1.71. The summed E-state index contributed by atoms with van der Waals surface area (Å²) in [4.78, 5) is 13.8. The van der Waals surface area contributed by atoms with Crippen LogP contribution in [0.25, 0.3) is 0 Å². The van der Waals surface area contributed by atoms with Gasteiger partial charge in [-0.15, -0.1) is 0 Å². The van der Waals surface area contributed by atoms with Gasteiger partial charge in [0.2, 0.25) is 5.91 Å². The molecule has 100 valence electrons. The Morgan fingerprint density at radius 3 is 2.67 bits per heavy atom. The van der Waals surface area contributed by atoms with E-state index in [9.17, 15) is 4.79 Å². The Kier molecular flexibility index (Phi) is 6.87. The van der Waals surface area contributed by atoms with Crippen LogP contribution in [0.3, 0.4) is 0 Å². The van der Waals surface area contributed by atoms with Crippen LogP contribution in [-0.2, 0) is 4.79 Å². The fraction of sp³-hybridized carbons (Fsp3) is 0.500. The first-order chi connectivity index (χ1) is 8.77. The topological polar surface area (TPSA) is 58.4 Å². The zero-order valence-electron chi connectivity index (χ0n) is 11.1. The Balaban J connectivity index is 2.58. The number of carbonyl (C=O) groups is 1. The molecule has 0 atom stereocenters.